The summed E-state index contributed by atoms with van der Waals surface area (Å²) in [6, 6.07) is 3.08. The van der Waals surface area contributed by atoms with Crippen LogP contribution in [-0.2, 0) is 15.2 Å². The largest absolute Gasteiger partial charge is 0.496 e. The summed E-state index contributed by atoms with van der Waals surface area (Å²) in [6.45, 7) is 0. The van der Waals surface area contributed by atoms with Crippen molar-refractivity contribution < 1.29 is 24.2 Å². The van der Waals surface area contributed by atoms with Crippen LogP contribution in [0.15, 0.2) is 18.2 Å². The second-order valence-corrected chi connectivity index (χ2v) is 4.23. The standard InChI is InChI=1S/C11H9ClN2O5/c1-19-7-3-2-5(12)4-6(7)11(18)8(15)13-10(17)14-9(11)16/h2-4,18H,1H3,(H2,13,14,15,16,17). The van der Waals surface area contributed by atoms with Crippen molar-refractivity contribution >= 4 is 29.4 Å². The summed E-state index contributed by atoms with van der Waals surface area (Å²) < 4.78 is 4.98. The van der Waals surface area contributed by atoms with Crippen LogP contribution in [0.1, 0.15) is 5.56 Å². The van der Waals surface area contributed by atoms with E-state index in [0.717, 1.165) is 0 Å². The molecule has 1 aromatic rings. The van der Waals surface area contributed by atoms with E-state index >= 15 is 0 Å². The third kappa shape index (κ3) is 2.02. The van der Waals surface area contributed by atoms with Crippen LogP contribution in [-0.4, -0.2) is 30.1 Å². The normalized spacial score (nSPS) is 17.7. The molecule has 0 unspecified atom stereocenters. The zero-order chi connectivity index (χ0) is 14.2. The van der Waals surface area contributed by atoms with E-state index in [1.807, 2.05) is 10.6 Å². The highest BCUT2D eigenvalue weighted by molar-refractivity contribution is 6.31. The zero-order valence-electron chi connectivity index (χ0n) is 9.69. The van der Waals surface area contributed by atoms with Crippen LogP contribution in [0.25, 0.3) is 0 Å². The van der Waals surface area contributed by atoms with Crippen molar-refractivity contribution in [1.82, 2.24) is 10.6 Å². The number of methoxy groups -OCH3 is 1. The SMILES string of the molecule is COc1ccc(Cl)cc1C1(O)C(=O)NC(=O)NC1=O. The highest BCUT2D eigenvalue weighted by Gasteiger charge is 2.52. The number of hydrogen-bond donors (Lipinski definition) is 3. The van der Waals surface area contributed by atoms with Gasteiger partial charge in [0.25, 0.3) is 17.4 Å². The minimum Gasteiger partial charge on any atom is -0.496 e. The number of ether oxygens (including phenoxy) is 1. The Morgan fingerprint density at radius 3 is 2.32 bits per heavy atom. The number of halogens is 1. The molecule has 0 spiro atoms. The monoisotopic (exact) mass is 284 g/mol. The van der Waals surface area contributed by atoms with Crippen LogP contribution in [0.3, 0.4) is 0 Å². The van der Waals surface area contributed by atoms with Crippen LogP contribution in [0.2, 0.25) is 5.02 Å². The summed E-state index contributed by atoms with van der Waals surface area (Å²) in [7, 11) is 1.31. The number of carbonyl (C=O) groups is 3. The molecule has 8 heteroatoms. The number of rotatable bonds is 2. The van der Waals surface area contributed by atoms with Crippen LogP contribution >= 0.6 is 11.6 Å². The molecule has 3 N–H and O–H groups in total. The fourth-order valence-electron chi connectivity index (χ4n) is 1.73. The molecule has 1 aliphatic rings. The quantitative estimate of drug-likeness (QED) is 0.658. The Labute approximate surface area is 112 Å². The molecule has 0 aromatic heterocycles. The maximum atomic E-state index is 11.8. The van der Waals surface area contributed by atoms with Crippen LogP contribution in [0.4, 0.5) is 4.79 Å². The third-order valence-corrected chi connectivity index (χ3v) is 2.90. The lowest BCUT2D eigenvalue weighted by atomic mass is 9.89. The molecule has 1 saturated heterocycles. The van der Waals surface area contributed by atoms with Crippen molar-refractivity contribution in [2.75, 3.05) is 7.11 Å². The lowest BCUT2D eigenvalue weighted by Crippen LogP contribution is -2.64. The van der Waals surface area contributed by atoms with Crippen molar-refractivity contribution in [1.29, 1.82) is 0 Å². The zero-order valence-corrected chi connectivity index (χ0v) is 10.4. The van der Waals surface area contributed by atoms with Gasteiger partial charge in [-0.05, 0) is 18.2 Å². The smallest absolute Gasteiger partial charge is 0.328 e. The minimum atomic E-state index is -2.58. The van der Waals surface area contributed by atoms with Crippen LogP contribution in [0, 0.1) is 0 Å². The molecular weight excluding hydrogens is 276 g/mol. The van der Waals surface area contributed by atoms with Gasteiger partial charge in [0.1, 0.15) is 5.75 Å². The lowest BCUT2D eigenvalue weighted by Gasteiger charge is -2.30. The van der Waals surface area contributed by atoms with E-state index in [1.165, 1.54) is 25.3 Å². The molecule has 0 saturated carbocycles. The van der Waals surface area contributed by atoms with E-state index in [0.29, 0.717) is 0 Å². The second-order valence-electron chi connectivity index (χ2n) is 3.79. The molecule has 0 radical (unpaired) electrons. The number of urea groups is 1. The molecular formula is C11H9ClN2O5. The van der Waals surface area contributed by atoms with Gasteiger partial charge in [-0.2, -0.15) is 0 Å². The average Bonchev–Trinajstić information content (AvgIpc) is 2.35. The van der Waals surface area contributed by atoms with Gasteiger partial charge in [0.2, 0.25) is 0 Å². The maximum absolute atomic E-state index is 11.8. The molecule has 2 rings (SSSR count). The van der Waals surface area contributed by atoms with E-state index in [4.69, 9.17) is 16.3 Å². The summed E-state index contributed by atoms with van der Waals surface area (Å²) >= 11 is 5.78. The van der Waals surface area contributed by atoms with Crippen LogP contribution < -0.4 is 15.4 Å². The van der Waals surface area contributed by atoms with Gasteiger partial charge in [-0.15, -0.1) is 0 Å². The first kappa shape index (κ1) is 13.3. The summed E-state index contributed by atoms with van der Waals surface area (Å²) in [5.41, 5.74) is -2.73. The molecule has 1 aromatic carbocycles. The van der Waals surface area contributed by atoms with Gasteiger partial charge in [-0.3, -0.25) is 20.2 Å². The van der Waals surface area contributed by atoms with E-state index in [1.54, 1.807) is 0 Å². The number of aliphatic hydroxyl groups is 1. The number of amides is 4. The maximum Gasteiger partial charge on any atom is 0.328 e. The minimum absolute atomic E-state index is 0.0894. The molecule has 4 amide bonds. The van der Waals surface area contributed by atoms with Crippen LogP contribution in [0.5, 0.6) is 5.75 Å². The molecule has 19 heavy (non-hydrogen) atoms. The van der Waals surface area contributed by atoms with E-state index in [9.17, 15) is 19.5 Å². The number of barbiturate groups is 1. The van der Waals surface area contributed by atoms with Gasteiger partial charge < -0.3 is 9.84 Å². The first-order valence-electron chi connectivity index (χ1n) is 5.13. The fraction of sp³-hybridized carbons (Fsp3) is 0.182. The second kappa shape index (κ2) is 4.52. The Kier molecular flexibility index (Phi) is 3.17. The van der Waals surface area contributed by atoms with Gasteiger partial charge >= 0.3 is 6.03 Å². The van der Waals surface area contributed by atoms with Gasteiger partial charge in [-0.1, -0.05) is 11.6 Å². The number of imide groups is 2. The molecule has 1 fully saturated rings. The molecule has 7 nitrogen and oxygen atoms in total. The van der Waals surface area contributed by atoms with Gasteiger partial charge in [-0.25, -0.2) is 4.79 Å². The van der Waals surface area contributed by atoms with Crippen molar-refractivity contribution in [3.05, 3.63) is 28.8 Å². The third-order valence-electron chi connectivity index (χ3n) is 2.66. The summed E-state index contributed by atoms with van der Waals surface area (Å²) in [5.74, 6) is -2.24. The summed E-state index contributed by atoms with van der Waals surface area (Å²) in [5, 5.41) is 14.1. The van der Waals surface area contributed by atoms with E-state index < -0.39 is 23.4 Å². The van der Waals surface area contributed by atoms with E-state index in [2.05, 4.69) is 0 Å². The number of carbonyl (C=O) groups excluding carboxylic acids is 3. The van der Waals surface area contributed by atoms with Gasteiger partial charge in [0, 0.05) is 10.6 Å². The summed E-state index contributed by atoms with van der Waals surface area (Å²) in [4.78, 5) is 34.5. The predicted molar refractivity (Wildman–Crippen MR) is 63.6 cm³/mol. The Bertz CT molecular complexity index is 566. The van der Waals surface area contributed by atoms with Crippen molar-refractivity contribution in [3.8, 4) is 5.75 Å². The molecule has 0 bridgehead atoms. The fourth-order valence-corrected chi connectivity index (χ4v) is 1.90. The van der Waals surface area contributed by atoms with E-state index in [-0.39, 0.29) is 16.3 Å². The van der Waals surface area contributed by atoms with Crippen molar-refractivity contribution in [2.45, 2.75) is 5.60 Å². The Morgan fingerprint density at radius 2 is 1.79 bits per heavy atom. The Balaban J connectivity index is 2.61. The number of hydrogen-bond acceptors (Lipinski definition) is 5. The van der Waals surface area contributed by atoms with Crippen molar-refractivity contribution in [3.63, 3.8) is 0 Å². The summed E-state index contributed by atoms with van der Waals surface area (Å²) in [6.07, 6.45) is 0. The number of nitrogens with one attached hydrogen (secondary N) is 2. The molecule has 0 atom stereocenters. The Morgan fingerprint density at radius 1 is 1.21 bits per heavy atom. The topological polar surface area (TPSA) is 105 Å². The molecule has 0 aliphatic carbocycles. The lowest BCUT2D eigenvalue weighted by molar-refractivity contribution is -0.155. The Hall–Kier alpha value is -2.12. The highest BCUT2D eigenvalue weighted by atomic mass is 35.5. The number of benzene rings is 1. The molecule has 1 aliphatic heterocycles. The van der Waals surface area contributed by atoms with Crippen molar-refractivity contribution in [2.24, 2.45) is 0 Å². The van der Waals surface area contributed by atoms with Gasteiger partial charge in [0.15, 0.2) is 0 Å². The predicted octanol–water partition coefficient (Wildman–Crippen LogP) is -0.0978. The average molecular weight is 285 g/mol. The molecule has 100 valence electrons. The first-order valence-corrected chi connectivity index (χ1v) is 5.50. The van der Waals surface area contributed by atoms with Gasteiger partial charge in [0.05, 0.1) is 7.11 Å². The first-order chi connectivity index (χ1) is 8.89. The highest BCUT2D eigenvalue weighted by Crippen LogP contribution is 2.34. The molecule has 1 heterocycles.